The summed E-state index contributed by atoms with van der Waals surface area (Å²) < 4.78 is 14.3. The maximum atomic E-state index is 12.8. The largest absolute Gasteiger partial charge is 0.380 e. The Bertz CT molecular complexity index is 403. The third-order valence-electron chi connectivity index (χ3n) is 1.93. The van der Waals surface area contributed by atoms with Crippen LogP contribution in [-0.2, 0) is 6.54 Å². The van der Waals surface area contributed by atoms with Gasteiger partial charge in [-0.3, -0.25) is 4.68 Å². The lowest BCUT2D eigenvalue weighted by atomic mass is 10.2. The van der Waals surface area contributed by atoms with E-state index in [1.165, 1.54) is 10.9 Å². The lowest BCUT2D eigenvalue weighted by Crippen LogP contribution is -2.00. The van der Waals surface area contributed by atoms with Crippen LogP contribution in [0.2, 0.25) is 0 Å². The molecule has 0 spiro atoms. The normalized spacial score (nSPS) is 10.4. The maximum Gasteiger partial charge on any atom is 0.184 e. The van der Waals surface area contributed by atoms with Crippen molar-refractivity contribution in [3.8, 4) is 0 Å². The molecule has 0 aliphatic rings. The summed E-state index contributed by atoms with van der Waals surface area (Å²) in [6.45, 7) is 0.537. The fourth-order valence-corrected chi connectivity index (χ4v) is 1.26. The first-order valence-corrected chi connectivity index (χ1v) is 4.28. The van der Waals surface area contributed by atoms with E-state index in [9.17, 15) is 4.39 Å². The van der Waals surface area contributed by atoms with Crippen molar-refractivity contribution in [2.75, 3.05) is 5.73 Å². The van der Waals surface area contributed by atoms with E-state index in [0.717, 1.165) is 5.56 Å². The van der Waals surface area contributed by atoms with Crippen molar-refractivity contribution in [1.82, 2.24) is 9.78 Å². The van der Waals surface area contributed by atoms with Crippen LogP contribution in [0.3, 0.4) is 0 Å². The number of aromatic nitrogens is 2. The van der Waals surface area contributed by atoms with Crippen LogP contribution in [0, 0.1) is 5.82 Å². The monoisotopic (exact) mass is 191 g/mol. The number of rotatable bonds is 2. The van der Waals surface area contributed by atoms with Crippen molar-refractivity contribution in [2.24, 2.45) is 0 Å². The molecule has 0 atom stereocenters. The summed E-state index contributed by atoms with van der Waals surface area (Å²) in [7, 11) is 0. The van der Waals surface area contributed by atoms with E-state index in [2.05, 4.69) is 5.10 Å². The number of halogens is 1. The number of nitrogen functional groups attached to an aromatic ring is 1. The fourth-order valence-electron chi connectivity index (χ4n) is 1.26. The molecule has 1 heterocycles. The van der Waals surface area contributed by atoms with Gasteiger partial charge < -0.3 is 5.73 Å². The zero-order chi connectivity index (χ0) is 9.97. The Hall–Kier alpha value is -1.84. The van der Waals surface area contributed by atoms with Gasteiger partial charge in [0.05, 0.1) is 12.7 Å². The predicted octanol–water partition coefficient (Wildman–Crippen LogP) is 1.65. The molecule has 2 aromatic rings. The highest BCUT2D eigenvalue weighted by Gasteiger charge is 2.03. The first-order valence-electron chi connectivity index (χ1n) is 4.28. The zero-order valence-electron chi connectivity index (χ0n) is 7.52. The minimum absolute atomic E-state index is 0.0547. The summed E-state index contributed by atoms with van der Waals surface area (Å²) in [6.07, 6.45) is 1.29. The summed E-state index contributed by atoms with van der Waals surface area (Å²) in [5, 5.41) is 3.82. The molecule has 4 heteroatoms. The number of anilines is 1. The second-order valence-corrected chi connectivity index (χ2v) is 3.05. The Morgan fingerprint density at radius 1 is 1.29 bits per heavy atom. The quantitative estimate of drug-likeness (QED) is 0.784. The summed E-state index contributed by atoms with van der Waals surface area (Å²) in [5.41, 5.74) is 6.35. The molecule has 2 rings (SSSR count). The van der Waals surface area contributed by atoms with Crippen molar-refractivity contribution in [1.29, 1.82) is 0 Å². The average Bonchev–Trinajstić information content (AvgIpc) is 2.47. The highest BCUT2D eigenvalue weighted by atomic mass is 19.1. The minimum atomic E-state index is -0.471. The Balaban J connectivity index is 2.19. The van der Waals surface area contributed by atoms with E-state index >= 15 is 0 Å². The highest BCUT2D eigenvalue weighted by Crippen LogP contribution is 2.08. The molecule has 1 aromatic carbocycles. The van der Waals surface area contributed by atoms with Gasteiger partial charge in [0.15, 0.2) is 11.6 Å². The van der Waals surface area contributed by atoms with Gasteiger partial charge in [-0.05, 0) is 5.56 Å². The molecule has 2 N–H and O–H groups in total. The molecular weight excluding hydrogens is 181 g/mol. The van der Waals surface area contributed by atoms with Crippen LogP contribution in [0.25, 0.3) is 0 Å². The van der Waals surface area contributed by atoms with E-state index in [1.807, 2.05) is 30.3 Å². The fraction of sp³-hybridized carbons (Fsp3) is 0.100. The molecule has 1 aromatic heterocycles. The van der Waals surface area contributed by atoms with Crippen LogP contribution < -0.4 is 5.73 Å². The zero-order valence-corrected chi connectivity index (χ0v) is 7.52. The maximum absolute atomic E-state index is 12.8. The summed E-state index contributed by atoms with van der Waals surface area (Å²) in [5.74, 6) is -0.526. The third-order valence-corrected chi connectivity index (χ3v) is 1.93. The van der Waals surface area contributed by atoms with Crippen LogP contribution in [0.1, 0.15) is 5.56 Å². The van der Waals surface area contributed by atoms with Gasteiger partial charge in [0.25, 0.3) is 0 Å². The van der Waals surface area contributed by atoms with Gasteiger partial charge in [-0.2, -0.15) is 5.10 Å². The van der Waals surface area contributed by atoms with Gasteiger partial charge in [-0.25, -0.2) is 4.39 Å². The van der Waals surface area contributed by atoms with Crippen molar-refractivity contribution in [3.63, 3.8) is 0 Å². The molecule has 0 bridgehead atoms. The number of nitrogens with zero attached hydrogens (tertiary/aromatic N) is 2. The molecule has 0 radical (unpaired) electrons. The Kier molecular flexibility index (Phi) is 2.18. The number of benzene rings is 1. The number of nitrogens with two attached hydrogens (primary N) is 1. The molecule has 72 valence electrons. The second-order valence-electron chi connectivity index (χ2n) is 3.05. The van der Waals surface area contributed by atoms with Crippen LogP contribution in [0.5, 0.6) is 0 Å². The van der Waals surface area contributed by atoms with Crippen LogP contribution in [0.4, 0.5) is 10.2 Å². The Labute approximate surface area is 81.0 Å². The molecule has 0 unspecified atom stereocenters. The molecule has 0 aliphatic heterocycles. The number of hydrogen-bond donors (Lipinski definition) is 1. The Morgan fingerprint density at radius 2 is 2.00 bits per heavy atom. The van der Waals surface area contributed by atoms with Crippen LogP contribution in [-0.4, -0.2) is 9.78 Å². The summed E-state index contributed by atoms with van der Waals surface area (Å²) in [4.78, 5) is 0. The van der Waals surface area contributed by atoms with E-state index < -0.39 is 5.82 Å². The first kappa shape index (κ1) is 8.74. The molecule has 0 saturated carbocycles. The molecular formula is C10H10FN3. The Morgan fingerprint density at radius 3 is 2.57 bits per heavy atom. The molecule has 14 heavy (non-hydrogen) atoms. The molecule has 3 nitrogen and oxygen atoms in total. The first-order chi connectivity index (χ1) is 6.75. The minimum Gasteiger partial charge on any atom is -0.380 e. The SMILES string of the molecule is Nc1nn(Cc2ccccc2)cc1F. The molecule has 0 amide bonds. The van der Waals surface area contributed by atoms with Gasteiger partial charge >= 0.3 is 0 Å². The van der Waals surface area contributed by atoms with Crippen molar-refractivity contribution in [2.45, 2.75) is 6.54 Å². The van der Waals surface area contributed by atoms with E-state index in [4.69, 9.17) is 5.73 Å². The van der Waals surface area contributed by atoms with Gasteiger partial charge in [0, 0.05) is 0 Å². The van der Waals surface area contributed by atoms with Crippen molar-refractivity contribution < 1.29 is 4.39 Å². The summed E-state index contributed by atoms with van der Waals surface area (Å²) in [6, 6.07) is 9.70. The van der Waals surface area contributed by atoms with Crippen LogP contribution in [0.15, 0.2) is 36.5 Å². The second kappa shape index (κ2) is 3.49. The molecule has 0 saturated heterocycles. The van der Waals surface area contributed by atoms with Gasteiger partial charge in [0.2, 0.25) is 0 Å². The smallest absolute Gasteiger partial charge is 0.184 e. The molecule has 0 aliphatic carbocycles. The van der Waals surface area contributed by atoms with Gasteiger partial charge in [0.1, 0.15) is 0 Å². The lowest BCUT2D eigenvalue weighted by molar-refractivity contribution is 0.621. The third kappa shape index (κ3) is 1.74. The highest BCUT2D eigenvalue weighted by molar-refractivity contribution is 5.27. The average molecular weight is 191 g/mol. The van der Waals surface area contributed by atoms with Gasteiger partial charge in [-0.15, -0.1) is 0 Å². The van der Waals surface area contributed by atoms with Crippen LogP contribution >= 0.6 is 0 Å². The van der Waals surface area contributed by atoms with E-state index in [-0.39, 0.29) is 5.82 Å². The van der Waals surface area contributed by atoms with Crippen molar-refractivity contribution in [3.05, 3.63) is 47.9 Å². The van der Waals surface area contributed by atoms with E-state index in [1.54, 1.807) is 0 Å². The summed E-state index contributed by atoms with van der Waals surface area (Å²) >= 11 is 0. The van der Waals surface area contributed by atoms with Crippen molar-refractivity contribution >= 4 is 5.82 Å². The predicted molar refractivity (Wildman–Crippen MR) is 52.1 cm³/mol. The van der Waals surface area contributed by atoms with Gasteiger partial charge in [-0.1, -0.05) is 30.3 Å². The molecule has 0 fully saturated rings. The standard InChI is InChI=1S/C10H10FN3/c11-9-7-14(13-10(9)12)6-8-4-2-1-3-5-8/h1-5,7H,6H2,(H2,12,13). The number of hydrogen-bond acceptors (Lipinski definition) is 2. The lowest BCUT2D eigenvalue weighted by Gasteiger charge is -1.99. The topological polar surface area (TPSA) is 43.8 Å². The van der Waals surface area contributed by atoms with E-state index in [0.29, 0.717) is 6.54 Å².